The number of β-amino-alcohol motifs (C(OH)–C–C–N with tert-alkyl or cyclic N) is 1. The summed E-state index contributed by atoms with van der Waals surface area (Å²) in [5.41, 5.74) is 6.39. The van der Waals surface area contributed by atoms with E-state index in [2.05, 4.69) is 11.0 Å². The molecular weight excluding hydrogens is 262 g/mol. The Balaban J connectivity index is 2.35. The number of nitrogens with zero attached hydrogens (tertiary/aromatic N) is 2. The van der Waals surface area contributed by atoms with Crippen LogP contribution in [0.2, 0.25) is 0 Å². The SMILES string of the molecule is CC(C)Oc1c(N2CCCC(O)C2)sc(C#N)c1N. The number of nitriles is 1. The van der Waals surface area contributed by atoms with Crippen molar-refractivity contribution in [3.63, 3.8) is 0 Å². The van der Waals surface area contributed by atoms with E-state index in [1.54, 1.807) is 0 Å². The van der Waals surface area contributed by atoms with Crippen LogP contribution in [0.1, 0.15) is 31.6 Å². The highest BCUT2D eigenvalue weighted by Crippen LogP contribution is 2.45. The van der Waals surface area contributed by atoms with Crippen molar-refractivity contribution < 1.29 is 9.84 Å². The van der Waals surface area contributed by atoms with Gasteiger partial charge in [-0.05, 0) is 26.7 Å². The van der Waals surface area contributed by atoms with E-state index in [4.69, 9.17) is 15.7 Å². The van der Waals surface area contributed by atoms with Crippen LogP contribution in [-0.2, 0) is 0 Å². The topological polar surface area (TPSA) is 82.5 Å². The van der Waals surface area contributed by atoms with Crippen molar-refractivity contribution in [2.45, 2.75) is 38.9 Å². The molecule has 0 radical (unpaired) electrons. The van der Waals surface area contributed by atoms with Crippen LogP contribution in [0.25, 0.3) is 0 Å². The van der Waals surface area contributed by atoms with Crippen LogP contribution >= 0.6 is 11.3 Å². The highest BCUT2D eigenvalue weighted by molar-refractivity contribution is 7.17. The maximum atomic E-state index is 9.77. The first-order chi connectivity index (χ1) is 9.02. The third-order valence-electron chi connectivity index (χ3n) is 3.02. The molecule has 0 saturated carbocycles. The van der Waals surface area contributed by atoms with Crippen LogP contribution < -0.4 is 15.4 Å². The van der Waals surface area contributed by atoms with Crippen molar-refractivity contribution in [3.8, 4) is 11.8 Å². The van der Waals surface area contributed by atoms with Gasteiger partial charge in [0, 0.05) is 13.1 Å². The largest absolute Gasteiger partial charge is 0.486 e. The molecule has 0 bridgehead atoms. The maximum absolute atomic E-state index is 9.77. The van der Waals surface area contributed by atoms with Gasteiger partial charge in [-0.15, -0.1) is 11.3 Å². The van der Waals surface area contributed by atoms with Gasteiger partial charge in [0.2, 0.25) is 0 Å². The summed E-state index contributed by atoms with van der Waals surface area (Å²) in [6.45, 7) is 5.28. The van der Waals surface area contributed by atoms with Crippen LogP contribution in [0.15, 0.2) is 0 Å². The van der Waals surface area contributed by atoms with Crippen molar-refractivity contribution in [2.75, 3.05) is 23.7 Å². The number of aliphatic hydroxyl groups excluding tert-OH is 1. The Morgan fingerprint density at radius 1 is 1.58 bits per heavy atom. The minimum Gasteiger partial charge on any atom is -0.486 e. The van der Waals surface area contributed by atoms with E-state index in [1.165, 1.54) is 11.3 Å². The van der Waals surface area contributed by atoms with E-state index in [1.807, 2.05) is 13.8 Å². The average molecular weight is 281 g/mol. The number of nitrogens with two attached hydrogens (primary N) is 1. The van der Waals surface area contributed by atoms with E-state index in [-0.39, 0.29) is 12.2 Å². The molecule has 1 aromatic rings. The lowest BCUT2D eigenvalue weighted by molar-refractivity contribution is 0.154. The van der Waals surface area contributed by atoms with Crippen LogP contribution in [0.5, 0.6) is 5.75 Å². The van der Waals surface area contributed by atoms with Crippen molar-refractivity contribution >= 4 is 22.0 Å². The summed E-state index contributed by atoms with van der Waals surface area (Å²) in [6.07, 6.45) is 1.43. The summed E-state index contributed by atoms with van der Waals surface area (Å²) in [4.78, 5) is 2.54. The van der Waals surface area contributed by atoms with Crippen molar-refractivity contribution in [1.29, 1.82) is 5.26 Å². The van der Waals surface area contributed by atoms with Gasteiger partial charge < -0.3 is 20.5 Å². The lowest BCUT2D eigenvalue weighted by atomic mass is 10.1. The first-order valence-corrected chi connectivity index (χ1v) is 7.26. The second-order valence-electron chi connectivity index (χ2n) is 5.00. The second kappa shape index (κ2) is 5.68. The molecule has 1 fully saturated rings. The smallest absolute Gasteiger partial charge is 0.178 e. The summed E-state index contributed by atoms with van der Waals surface area (Å²) in [6, 6.07) is 2.10. The fourth-order valence-electron chi connectivity index (χ4n) is 2.20. The average Bonchev–Trinajstić information content (AvgIpc) is 2.66. The molecule has 0 aliphatic carbocycles. The van der Waals surface area contributed by atoms with Crippen molar-refractivity contribution in [1.82, 2.24) is 0 Å². The second-order valence-corrected chi connectivity index (χ2v) is 6.00. The first kappa shape index (κ1) is 14.0. The number of hydrogen-bond donors (Lipinski definition) is 2. The molecule has 1 unspecified atom stereocenters. The predicted molar refractivity (Wildman–Crippen MR) is 76.7 cm³/mol. The third kappa shape index (κ3) is 2.94. The van der Waals surface area contributed by atoms with Gasteiger partial charge in [-0.3, -0.25) is 0 Å². The fourth-order valence-corrected chi connectivity index (χ4v) is 3.18. The molecule has 0 aromatic carbocycles. The summed E-state index contributed by atoms with van der Waals surface area (Å²) in [5.74, 6) is 0.589. The lowest BCUT2D eigenvalue weighted by Crippen LogP contribution is -2.38. The quantitative estimate of drug-likeness (QED) is 0.885. The number of hydrogen-bond acceptors (Lipinski definition) is 6. The zero-order valence-corrected chi connectivity index (χ0v) is 12.0. The minimum atomic E-state index is -0.325. The molecule has 104 valence electrons. The third-order valence-corrected chi connectivity index (χ3v) is 4.17. The van der Waals surface area contributed by atoms with Crippen molar-refractivity contribution in [3.05, 3.63) is 4.88 Å². The summed E-state index contributed by atoms with van der Waals surface area (Å²) >= 11 is 1.34. The molecule has 19 heavy (non-hydrogen) atoms. The summed E-state index contributed by atoms with van der Waals surface area (Å²) < 4.78 is 5.76. The van der Waals surface area contributed by atoms with Gasteiger partial charge in [-0.2, -0.15) is 5.26 Å². The fraction of sp³-hybridized carbons (Fsp3) is 0.615. The predicted octanol–water partition coefficient (Wildman–Crippen LogP) is 1.95. The first-order valence-electron chi connectivity index (χ1n) is 6.45. The van der Waals surface area contributed by atoms with E-state index in [9.17, 15) is 5.11 Å². The molecule has 1 aromatic heterocycles. The number of anilines is 2. The molecule has 6 heteroatoms. The molecule has 1 aliphatic heterocycles. The molecule has 1 atom stereocenters. The molecular formula is C13H19N3O2S. The molecule has 3 N–H and O–H groups in total. The van der Waals surface area contributed by atoms with Crippen LogP contribution in [-0.4, -0.2) is 30.4 Å². The summed E-state index contributed by atoms with van der Waals surface area (Å²) in [5, 5.41) is 19.7. The van der Waals surface area contributed by atoms with Gasteiger partial charge in [0.25, 0.3) is 0 Å². The highest BCUT2D eigenvalue weighted by atomic mass is 32.1. The van der Waals surface area contributed by atoms with Gasteiger partial charge in [0.15, 0.2) is 5.75 Å². The lowest BCUT2D eigenvalue weighted by Gasteiger charge is -2.31. The number of nitrogen functional groups attached to an aromatic ring is 1. The number of thiophene rings is 1. The number of piperidine rings is 1. The molecule has 1 aliphatic rings. The Kier molecular flexibility index (Phi) is 4.17. The highest BCUT2D eigenvalue weighted by Gasteiger charge is 2.26. The Labute approximate surface area is 117 Å². The zero-order chi connectivity index (χ0) is 14.0. The van der Waals surface area contributed by atoms with Crippen LogP contribution in [0.3, 0.4) is 0 Å². The number of aliphatic hydroxyl groups is 1. The van der Waals surface area contributed by atoms with E-state index >= 15 is 0 Å². The van der Waals surface area contributed by atoms with Gasteiger partial charge in [0.1, 0.15) is 21.6 Å². The monoisotopic (exact) mass is 281 g/mol. The maximum Gasteiger partial charge on any atom is 0.178 e. The molecule has 2 heterocycles. The molecule has 0 amide bonds. The zero-order valence-electron chi connectivity index (χ0n) is 11.2. The van der Waals surface area contributed by atoms with Crippen LogP contribution in [0.4, 0.5) is 10.7 Å². The number of rotatable bonds is 3. The molecule has 5 nitrogen and oxygen atoms in total. The Morgan fingerprint density at radius 2 is 2.32 bits per heavy atom. The van der Waals surface area contributed by atoms with Crippen LogP contribution in [0, 0.1) is 11.3 Å². The molecule has 1 saturated heterocycles. The van der Waals surface area contributed by atoms with Gasteiger partial charge >= 0.3 is 0 Å². The molecule has 0 spiro atoms. The minimum absolute atomic E-state index is 0.00286. The Morgan fingerprint density at radius 3 is 2.89 bits per heavy atom. The summed E-state index contributed by atoms with van der Waals surface area (Å²) in [7, 11) is 0. The van der Waals surface area contributed by atoms with E-state index in [0.717, 1.165) is 24.4 Å². The van der Waals surface area contributed by atoms with Crippen molar-refractivity contribution in [2.24, 2.45) is 0 Å². The standard InChI is InChI=1S/C13H19N3O2S/c1-8(2)18-12-11(15)10(6-14)19-13(12)16-5-3-4-9(17)7-16/h8-9,17H,3-5,7,15H2,1-2H3. The van der Waals surface area contributed by atoms with Gasteiger partial charge in [-0.25, -0.2) is 0 Å². The molecule has 2 rings (SSSR count). The van der Waals surface area contributed by atoms with Gasteiger partial charge in [0.05, 0.1) is 12.2 Å². The Hall–Kier alpha value is -1.45. The Bertz CT molecular complexity index is 493. The number of ether oxygens (including phenoxy) is 1. The normalized spacial score (nSPS) is 19.5. The van der Waals surface area contributed by atoms with Gasteiger partial charge in [-0.1, -0.05) is 0 Å². The van der Waals surface area contributed by atoms with E-state index in [0.29, 0.717) is 22.9 Å². The van der Waals surface area contributed by atoms with E-state index < -0.39 is 0 Å².